The van der Waals surface area contributed by atoms with Gasteiger partial charge in [-0.1, -0.05) is 0 Å². The van der Waals surface area contributed by atoms with Crippen LogP contribution in [0.3, 0.4) is 0 Å². The quantitative estimate of drug-likeness (QED) is 0.181. The number of alkyl halides is 6. The van der Waals surface area contributed by atoms with E-state index in [1.807, 2.05) is 0 Å². The number of methoxy groups -OCH3 is 1. The number of carbonyl (C=O) groups excluding carboxylic acids is 1. The normalized spacial score (nSPS) is 12.8. The predicted molar refractivity (Wildman–Crippen MR) is 134 cm³/mol. The summed E-state index contributed by atoms with van der Waals surface area (Å²) in [5.41, 5.74) is -0.610. The molecule has 4 rings (SSSR count). The molecule has 16 heteroatoms. The van der Waals surface area contributed by atoms with Crippen LogP contribution in [0.4, 0.5) is 26.3 Å². The van der Waals surface area contributed by atoms with E-state index in [1.165, 1.54) is 43.5 Å². The molecule has 1 atom stereocenters. The van der Waals surface area contributed by atoms with Crippen LogP contribution in [0.15, 0.2) is 66.9 Å². The molecule has 2 aromatic carbocycles. The molecule has 0 bridgehead atoms. The van der Waals surface area contributed by atoms with Crippen molar-refractivity contribution in [2.24, 2.45) is 0 Å². The Morgan fingerprint density at radius 2 is 1.55 bits per heavy atom. The second kappa shape index (κ2) is 12.2. The number of hydrogen-bond acceptors (Lipinski definition) is 7. The molecule has 1 N–H and O–H groups in total. The van der Waals surface area contributed by atoms with E-state index in [4.69, 9.17) is 4.74 Å². The number of aromatic nitrogens is 4. The number of nitrogens with zero attached hydrogens (tertiary/aromatic N) is 4. The standard InChI is InChI=1S/C26H18AsF6N4O5/c1-41-21-11-10-20(35-36-21)37-23(25(28,29)30)18(13-34-37)24(40)27-19(12-22(38)39)16-4-2-14(3-5-16)15-6-8-17(9-7-15)42-26(31,32)33/h2-11,13,19H,12H2,1H3,(H,38,39). The Morgan fingerprint density at radius 3 is 2.05 bits per heavy atom. The Morgan fingerprint density at radius 1 is 0.929 bits per heavy atom. The molecule has 42 heavy (non-hydrogen) atoms. The number of ether oxygens (including phenoxy) is 2. The summed E-state index contributed by atoms with van der Waals surface area (Å²) in [4.78, 5) is 24.8. The zero-order valence-electron chi connectivity index (χ0n) is 21.2. The summed E-state index contributed by atoms with van der Waals surface area (Å²) in [5.74, 6) is -1.93. The van der Waals surface area contributed by atoms with Crippen molar-refractivity contribution in [1.29, 1.82) is 0 Å². The van der Waals surface area contributed by atoms with Crippen LogP contribution in [0.2, 0.25) is 0 Å². The van der Waals surface area contributed by atoms with Crippen molar-refractivity contribution < 1.29 is 50.5 Å². The molecular formula is C26H18AsF6N4O5. The second-order valence-electron chi connectivity index (χ2n) is 8.49. The average Bonchev–Trinajstić information content (AvgIpc) is 3.39. The van der Waals surface area contributed by atoms with E-state index in [1.54, 1.807) is 12.1 Å². The summed E-state index contributed by atoms with van der Waals surface area (Å²) in [6.07, 6.45) is -9.60. The monoisotopic (exact) mass is 655 g/mol. The van der Waals surface area contributed by atoms with Crippen molar-refractivity contribution in [1.82, 2.24) is 20.0 Å². The molecule has 0 fully saturated rings. The summed E-state index contributed by atoms with van der Waals surface area (Å²) in [6, 6.07) is 13.7. The van der Waals surface area contributed by atoms with Gasteiger partial charge in [0.15, 0.2) is 0 Å². The Kier molecular flexibility index (Phi) is 8.90. The van der Waals surface area contributed by atoms with E-state index in [0.717, 1.165) is 18.3 Å². The SMILES string of the molecule is COc1ccc(-n2ncc(C(=O)[As]C(CC(=O)O)c3ccc(-c4ccc(OC(F)(F)F)cc4)cc3)c2C(F)(F)F)nn1. The fourth-order valence-corrected chi connectivity index (χ4v) is 6.27. The van der Waals surface area contributed by atoms with Gasteiger partial charge in [-0.15, -0.1) is 0 Å². The fourth-order valence-electron chi connectivity index (χ4n) is 3.85. The number of carboxylic acid groups (broad SMARTS) is 1. The van der Waals surface area contributed by atoms with Gasteiger partial charge in [-0.25, -0.2) is 0 Å². The second-order valence-corrected chi connectivity index (χ2v) is 11.2. The summed E-state index contributed by atoms with van der Waals surface area (Å²) in [5, 5.41) is 20.4. The van der Waals surface area contributed by atoms with E-state index in [-0.39, 0.29) is 11.7 Å². The zero-order chi connectivity index (χ0) is 30.7. The van der Waals surface area contributed by atoms with Gasteiger partial charge in [-0.3, -0.25) is 0 Å². The molecule has 2 aromatic heterocycles. The Hall–Kier alpha value is -4.39. The molecule has 1 radical (unpaired) electrons. The number of rotatable bonds is 10. The molecule has 9 nitrogen and oxygen atoms in total. The number of aliphatic carboxylic acids is 1. The van der Waals surface area contributed by atoms with Crippen molar-refractivity contribution in [3.63, 3.8) is 0 Å². The number of carboxylic acids is 1. The number of benzene rings is 2. The minimum absolute atomic E-state index is 0.0516. The zero-order valence-corrected chi connectivity index (χ0v) is 23.1. The Bertz CT molecular complexity index is 1560. The molecule has 0 aliphatic carbocycles. The van der Waals surface area contributed by atoms with Gasteiger partial charge in [-0.05, 0) is 0 Å². The van der Waals surface area contributed by atoms with Crippen molar-refractivity contribution in [2.45, 2.75) is 23.7 Å². The van der Waals surface area contributed by atoms with Gasteiger partial charge in [-0.2, -0.15) is 0 Å². The molecule has 0 saturated carbocycles. The molecule has 0 spiro atoms. The van der Waals surface area contributed by atoms with E-state index in [9.17, 15) is 41.0 Å². The molecule has 0 saturated heterocycles. The predicted octanol–water partition coefficient (Wildman–Crippen LogP) is 5.32. The molecule has 1 unspecified atom stereocenters. The van der Waals surface area contributed by atoms with Crippen molar-refractivity contribution in [3.05, 3.63) is 83.7 Å². The average molecular weight is 655 g/mol. The van der Waals surface area contributed by atoms with Gasteiger partial charge in [0.05, 0.1) is 0 Å². The van der Waals surface area contributed by atoms with Crippen LogP contribution < -0.4 is 9.47 Å². The van der Waals surface area contributed by atoms with E-state index < -0.39 is 67.0 Å². The van der Waals surface area contributed by atoms with Gasteiger partial charge in [0.1, 0.15) is 0 Å². The van der Waals surface area contributed by atoms with E-state index >= 15 is 0 Å². The van der Waals surface area contributed by atoms with Crippen LogP contribution in [0.25, 0.3) is 16.9 Å². The van der Waals surface area contributed by atoms with Crippen LogP contribution >= 0.6 is 0 Å². The van der Waals surface area contributed by atoms with Crippen LogP contribution in [-0.2, 0) is 11.0 Å². The molecule has 219 valence electrons. The van der Waals surface area contributed by atoms with Crippen LogP contribution in [0.1, 0.15) is 32.7 Å². The van der Waals surface area contributed by atoms with E-state index in [2.05, 4.69) is 20.0 Å². The minimum atomic E-state index is -5.01. The first-order valence-electron chi connectivity index (χ1n) is 11.7. The molecule has 0 amide bonds. The fraction of sp³-hybridized carbons (Fsp3) is 0.192. The van der Waals surface area contributed by atoms with E-state index in [0.29, 0.717) is 21.4 Å². The van der Waals surface area contributed by atoms with Gasteiger partial charge in [0.25, 0.3) is 0 Å². The molecule has 0 aliphatic heterocycles. The Labute approximate surface area is 239 Å². The maximum absolute atomic E-state index is 14.1. The van der Waals surface area contributed by atoms with Gasteiger partial charge in [0, 0.05) is 0 Å². The summed E-state index contributed by atoms with van der Waals surface area (Å²) in [7, 11) is 1.30. The van der Waals surface area contributed by atoms with Crippen molar-refractivity contribution in [3.8, 4) is 28.6 Å². The van der Waals surface area contributed by atoms with Crippen LogP contribution in [0.5, 0.6) is 11.6 Å². The van der Waals surface area contributed by atoms with Crippen LogP contribution in [0, 0.1) is 0 Å². The molecule has 4 aromatic rings. The number of carbonyl (C=O) groups is 2. The first kappa shape index (κ1) is 30.6. The number of hydrogen-bond donors (Lipinski definition) is 1. The van der Waals surface area contributed by atoms with Crippen molar-refractivity contribution >= 4 is 26.3 Å². The van der Waals surface area contributed by atoms with Crippen molar-refractivity contribution in [2.75, 3.05) is 7.11 Å². The maximum atomic E-state index is 14.1. The summed E-state index contributed by atoms with van der Waals surface area (Å²) in [6.45, 7) is 0. The topological polar surface area (TPSA) is 116 Å². The number of halogens is 6. The van der Waals surface area contributed by atoms with Gasteiger partial charge < -0.3 is 0 Å². The molecular weight excluding hydrogens is 637 g/mol. The first-order valence-corrected chi connectivity index (χ1v) is 13.7. The molecule has 2 heterocycles. The Balaban J connectivity index is 1.59. The summed E-state index contributed by atoms with van der Waals surface area (Å²) < 4.78 is 86.8. The van der Waals surface area contributed by atoms with Crippen LogP contribution in [-0.4, -0.2) is 64.8 Å². The third kappa shape index (κ3) is 7.46. The first-order chi connectivity index (χ1) is 19.7. The third-order valence-electron chi connectivity index (χ3n) is 5.68. The third-order valence-corrected chi connectivity index (χ3v) is 8.34. The molecule has 0 aliphatic rings. The van der Waals surface area contributed by atoms with Gasteiger partial charge >= 0.3 is 240 Å². The summed E-state index contributed by atoms with van der Waals surface area (Å²) >= 11 is -1.67. The van der Waals surface area contributed by atoms with Gasteiger partial charge in [0.2, 0.25) is 0 Å².